The summed E-state index contributed by atoms with van der Waals surface area (Å²) in [5.74, 6) is 1.18. The third-order valence-electron chi connectivity index (χ3n) is 9.15. The summed E-state index contributed by atoms with van der Waals surface area (Å²) in [7, 11) is -1.83. The first kappa shape index (κ1) is 34.6. The summed E-state index contributed by atoms with van der Waals surface area (Å²) < 4.78 is 27.9. The Morgan fingerprint density at radius 1 is 0.880 bits per heavy atom. The Hall–Kier alpha value is -5.27. The van der Waals surface area contributed by atoms with E-state index in [1.807, 2.05) is 18.9 Å². The minimum atomic E-state index is -3.69. The molecule has 1 saturated heterocycles. The number of rotatable bonds is 10. The Morgan fingerprint density at radius 3 is 2.14 bits per heavy atom. The second-order valence-electron chi connectivity index (χ2n) is 12.5. The van der Waals surface area contributed by atoms with Crippen LogP contribution in [0.5, 0.6) is 0 Å². The number of piperazine rings is 1. The monoisotopic (exact) mass is 695 g/mol. The molecule has 4 aromatic rings. The summed E-state index contributed by atoms with van der Waals surface area (Å²) in [4.78, 5) is 45.4. The average Bonchev–Trinajstić information content (AvgIpc) is 3.44. The molecule has 6 rings (SSSR count). The van der Waals surface area contributed by atoms with E-state index in [4.69, 9.17) is 4.84 Å². The number of hydrogen-bond donors (Lipinski definition) is 2. The highest BCUT2D eigenvalue weighted by molar-refractivity contribution is 7.92. The van der Waals surface area contributed by atoms with Crippen LogP contribution in [0.2, 0.25) is 0 Å². The van der Waals surface area contributed by atoms with Gasteiger partial charge >= 0.3 is 0 Å². The number of amides is 2. The molecule has 0 spiro atoms. The molecular weight excluding hydrogens is 655 g/mol. The molecular formula is C37H41N7O5S. The first-order valence-electron chi connectivity index (χ1n) is 16.6. The number of carbonyl (C=O) groups excluding carboxylic acids is 2. The Bertz CT molecular complexity index is 1980. The van der Waals surface area contributed by atoms with E-state index in [1.165, 1.54) is 12.1 Å². The Kier molecular flexibility index (Phi) is 10.2. The van der Waals surface area contributed by atoms with Crippen LogP contribution >= 0.6 is 0 Å². The van der Waals surface area contributed by atoms with E-state index in [0.29, 0.717) is 66.1 Å². The standard InChI is InChI=1S/C37H41N7O5S/c1-5-25(2)34-33(26(3)49-42(34)4)36(46)44-23-21-43(22-24-44)35(45)28-13-15-29(16-14-28)39-37-38-20-19-32(40-37)27-11-17-30(18-12-27)41-50(47,48)31-9-7-6-8-10-31/h6-20,25,34,41H,5,21-24H2,1-4H3,(H,38,39,40). The predicted octanol–water partition coefficient (Wildman–Crippen LogP) is 5.54. The summed E-state index contributed by atoms with van der Waals surface area (Å²) in [5, 5.41) is 4.96. The molecule has 260 valence electrons. The number of aromatic nitrogens is 2. The molecule has 12 nitrogen and oxygen atoms in total. The van der Waals surface area contributed by atoms with Crippen LogP contribution in [-0.2, 0) is 19.7 Å². The van der Waals surface area contributed by atoms with Crippen molar-refractivity contribution < 1.29 is 22.8 Å². The number of hydrogen-bond acceptors (Lipinski definition) is 9. The Morgan fingerprint density at radius 2 is 1.50 bits per heavy atom. The zero-order valence-corrected chi connectivity index (χ0v) is 29.4. The fourth-order valence-electron chi connectivity index (χ4n) is 6.25. The number of allylic oxidation sites excluding steroid dienone is 1. The van der Waals surface area contributed by atoms with Crippen molar-refractivity contribution in [1.82, 2.24) is 24.8 Å². The summed E-state index contributed by atoms with van der Waals surface area (Å²) >= 11 is 0. The highest BCUT2D eigenvalue weighted by Crippen LogP contribution is 2.33. The maximum Gasteiger partial charge on any atom is 0.261 e. The van der Waals surface area contributed by atoms with Crippen molar-refractivity contribution in [3.05, 3.63) is 108 Å². The van der Waals surface area contributed by atoms with Crippen molar-refractivity contribution >= 4 is 39.2 Å². The number of benzene rings is 3. The first-order chi connectivity index (χ1) is 24.0. The zero-order chi connectivity index (χ0) is 35.4. The molecule has 50 heavy (non-hydrogen) atoms. The molecule has 1 fully saturated rings. The van der Waals surface area contributed by atoms with Crippen molar-refractivity contribution in [2.45, 2.75) is 38.1 Å². The maximum absolute atomic E-state index is 13.5. The van der Waals surface area contributed by atoms with Crippen LogP contribution < -0.4 is 10.0 Å². The number of likely N-dealkylation sites (N-methyl/N-ethyl adjacent to an activating group) is 1. The minimum Gasteiger partial charge on any atom is -0.410 e. The lowest BCUT2D eigenvalue weighted by Crippen LogP contribution is -2.52. The van der Waals surface area contributed by atoms with Gasteiger partial charge < -0.3 is 20.0 Å². The SMILES string of the molecule is CCC(C)C1C(C(=O)N2CCN(C(=O)c3ccc(Nc4nccc(-c5ccc(NS(=O)(=O)c6ccccc6)cc5)n4)cc3)CC2)=C(C)ON1C. The van der Waals surface area contributed by atoms with Gasteiger partial charge in [-0.3, -0.25) is 14.3 Å². The van der Waals surface area contributed by atoms with E-state index in [0.717, 1.165) is 12.0 Å². The van der Waals surface area contributed by atoms with E-state index in [9.17, 15) is 18.0 Å². The van der Waals surface area contributed by atoms with Gasteiger partial charge in [0.1, 0.15) is 5.76 Å². The molecule has 0 saturated carbocycles. The van der Waals surface area contributed by atoms with Crippen LogP contribution in [0.1, 0.15) is 37.6 Å². The van der Waals surface area contributed by atoms with E-state index >= 15 is 0 Å². The zero-order valence-electron chi connectivity index (χ0n) is 28.5. The summed E-state index contributed by atoms with van der Waals surface area (Å²) in [5.41, 5.74) is 3.84. The number of anilines is 3. The van der Waals surface area contributed by atoms with E-state index in [1.54, 1.807) is 89.0 Å². The largest absolute Gasteiger partial charge is 0.410 e. The highest BCUT2D eigenvalue weighted by atomic mass is 32.2. The van der Waals surface area contributed by atoms with Gasteiger partial charge in [0.25, 0.3) is 21.8 Å². The van der Waals surface area contributed by atoms with E-state index in [2.05, 4.69) is 33.9 Å². The van der Waals surface area contributed by atoms with Crippen molar-refractivity contribution in [2.24, 2.45) is 5.92 Å². The number of carbonyl (C=O) groups is 2. The predicted molar refractivity (Wildman–Crippen MR) is 192 cm³/mol. The lowest BCUT2D eigenvalue weighted by Gasteiger charge is -2.36. The Balaban J connectivity index is 1.04. The molecule has 13 heteroatoms. The number of hydroxylamine groups is 2. The molecule has 2 atom stereocenters. The van der Waals surface area contributed by atoms with Crippen molar-refractivity contribution in [3.8, 4) is 11.3 Å². The van der Waals surface area contributed by atoms with Crippen molar-refractivity contribution in [3.63, 3.8) is 0 Å². The van der Waals surface area contributed by atoms with Gasteiger partial charge in [0.05, 0.1) is 22.2 Å². The van der Waals surface area contributed by atoms with Crippen LogP contribution in [0.25, 0.3) is 11.3 Å². The molecule has 0 radical (unpaired) electrons. The highest BCUT2D eigenvalue weighted by Gasteiger charge is 2.40. The summed E-state index contributed by atoms with van der Waals surface area (Å²) in [6, 6.07) is 23.9. The molecule has 3 heterocycles. The molecule has 0 aliphatic carbocycles. The van der Waals surface area contributed by atoms with Gasteiger partial charge in [-0.15, -0.1) is 5.06 Å². The average molecular weight is 696 g/mol. The van der Waals surface area contributed by atoms with Gasteiger partial charge in [-0.1, -0.05) is 50.6 Å². The summed E-state index contributed by atoms with van der Waals surface area (Å²) in [6.07, 6.45) is 2.57. The molecule has 2 N–H and O–H groups in total. The molecule has 0 bridgehead atoms. The second kappa shape index (κ2) is 14.7. The molecule has 2 amide bonds. The van der Waals surface area contributed by atoms with Crippen molar-refractivity contribution in [1.29, 1.82) is 0 Å². The van der Waals surface area contributed by atoms with Crippen LogP contribution in [-0.4, -0.2) is 84.3 Å². The fourth-order valence-corrected chi connectivity index (χ4v) is 7.33. The number of nitrogens with zero attached hydrogens (tertiary/aromatic N) is 5. The molecule has 2 aliphatic rings. The van der Waals surface area contributed by atoms with E-state index in [-0.39, 0.29) is 28.7 Å². The van der Waals surface area contributed by atoms with Crippen LogP contribution in [0, 0.1) is 5.92 Å². The third-order valence-corrected chi connectivity index (χ3v) is 10.5. The van der Waals surface area contributed by atoms with Crippen LogP contribution in [0.4, 0.5) is 17.3 Å². The van der Waals surface area contributed by atoms with Crippen LogP contribution in [0.3, 0.4) is 0 Å². The normalized spacial score (nSPS) is 17.3. The fraction of sp³-hybridized carbons (Fsp3) is 0.297. The van der Waals surface area contributed by atoms with Gasteiger partial charge in [0.15, 0.2) is 0 Å². The molecule has 2 unspecified atom stereocenters. The minimum absolute atomic E-state index is 0.0192. The number of sulfonamides is 1. The maximum atomic E-state index is 13.5. The van der Waals surface area contributed by atoms with Crippen molar-refractivity contribution in [2.75, 3.05) is 43.3 Å². The van der Waals surface area contributed by atoms with Gasteiger partial charge in [-0.25, -0.2) is 18.4 Å². The third kappa shape index (κ3) is 7.48. The molecule has 3 aromatic carbocycles. The number of nitrogens with one attached hydrogen (secondary N) is 2. The first-order valence-corrected chi connectivity index (χ1v) is 18.1. The van der Waals surface area contributed by atoms with E-state index < -0.39 is 10.0 Å². The lowest BCUT2D eigenvalue weighted by atomic mass is 9.91. The molecule has 2 aliphatic heterocycles. The smallest absolute Gasteiger partial charge is 0.261 e. The summed E-state index contributed by atoms with van der Waals surface area (Å²) in [6.45, 7) is 7.89. The quantitative estimate of drug-likeness (QED) is 0.219. The van der Waals surface area contributed by atoms with Crippen LogP contribution in [0.15, 0.2) is 107 Å². The lowest BCUT2D eigenvalue weighted by molar-refractivity contribution is -0.130. The van der Waals surface area contributed by atoms with Gasteiger partial charge in [-0.05, 0) is 67.4 Å². The Labute approximate surface area is 292 Å². The van der Waals surface area contributed by atoms with Gasteiger partial charge in [0, 0.05) is 61.9 Å². The molecule has 1 aromatic heterocycles. The van der Waals surface area contributed by atoms with Gasteiger partial charge in [-0.2, -0.15) is 0 Å². The topological polar surface area (TPSA) is 137 Å². The second-order valence-corrected chi connectivity index (χ2v) is 14.2. The van der Waals surface area contributed by atoms with Gasteiger partial charge in [0.2, 0.25) is 5.95 Å².